The highest BCUT2D eigenvalue weighted by atomic mass is 16.2. The molecule has 2 N–H and O–H groups in total. The molecule has 1 aromatic carbocycles. The Kier molecular flexibility index (Phi) is 5.97. The molecule has 0 aliphatic carbocycles. The van der Waals surface area contributed by atoms with Crippen molar-refractivity contribution in [3.05, 3.63) is 34.4 Å². The van der Waals surface area contributed by atoms with Gasteiger partial charge in [-0.1, -0.05) is 38.5 Å². The summed E-state index contributed by atoms with van der Waals surface area (Å²) in [5.74, 6) is 0.133. The van der Waals surface area contributed by atoms with Crippen LogP contribution in [0.2, 0.25) is 0 Å². The third-order valence-electron chi connectivity index (χ3n) is 3.84. The second-order valence-corrected chi connectivity index (χ2v) is 6.87. The zero-order chi connectivity index (χ0) is 16.2. The van der Waals surface area contributed by atoms with Gasteiger partial charge in [0.2, 0.25) is 0 Å². The maximum absolute atomic E-state index is 13.0. The summed E-state index contributed by atoms with van der Waals surface area (Å²) in [6.07, 6.45) is 0.955. The molecule has 1 aromatic rings. The lowest BCUT2D eigenvalue weighted by atomic mass is 9.92. The predicted octanol–water partition coefficient (Wildman–Crippen LogP) is 3.45. The zero-order valence-electron chi connectivity index (χ0n) is 14.4. The summed E-state index contributed by atoms with van der Waals surface area (Å²) in [7, 11) is 0. The number of carbonyl (C=O) groups is 1. The van der Waals surface area contributed by atoms with Gasteiger partial charge in [-0.3, -0.25) is 4.79 Å². The fourth-order valence-electron chi connectivity index (χ4n) is 2.78. The van der Waals surface area contributed by atoms with E-state index in [9.17, 15) is 4.79 Å². The molecule has 1 rings (SSSR count). The number of aryl methyl sites for hydroxylation is 3. The van der Waals surface area contributed by atoms with E-state index in [0.717, 1.165) is 29.7 Å². The minimum atomic E-state index is -0.0582. The lowest BCUT2D eigenvalue weighted by Crippen LogP contribution is -2.42. The lowest BCUT2D eigenvalue weighted by molar-refractivity contribution is 0.0688. The number of amides is 1. The van der Waals surface area contributed by atoms with Crippen LogP contribution in [0.1, 0.15) is 54.2 Å². The van der Waals surface area contributed by atoms with Crippen molar-refractivity contribution in [2.75, 3.05) is 19.6 Å². The van der Waals surface area contributed by atoms with Gasteiger partial charge in [-0.2, -0.15) is 0 Å². The zero-order valence-corrected chi connectivity index (χ0v) is 14.4. The van der Waals surface area contributed by atoms with Gasteiger partial charge in [0.15, 0.2) is 0 Å². The summed E-state index contributed by atoms with van der Waals surface area (Å²) in [6.45, 7) is 14.5. The minimum Gasteiger partial charge on any atom is -0.338 e. The van der Waals surface area contributed by atoms with Gasteiger partial charge in [-0.05, 0) is 50.3 Å². The number of rotatable bonds is 6. The van der Waals surface area contributed by atoms with Crippen LogP contribution in [0, 0.1) is 26.2 Å². The fraction of sp³-hybridized carbons (Fsp3) is 0.611. The standard InChI is InChI=1S/C18H30N2O/c1-7-8-20(12-18(5,6)11-19)17(21)16-14(3)9-13(2)10-15(16)4/h9-10H,7-8,11-12,19H2,1-6H3. The number of benzene rings is 1. The number of nitrogens with zero attached hydrogens (tertiary/aromatic N) is 1. The molecule has 0 atom stereocenters. The summed E-state index contributed by atoms with van der Waals surface area (Å²) in [6, 6.07) is 4.16. The minimum absolute atomic E-state index is 0.0582. The summed E-state index contributed by atoms with van der Waals surface area (Å²) in [4.78, 5) is 14.9. The van der Waals surface area contributed by atoms with Crippen molar-refractivity contribution >= 4 is 5.91 Å². The van der Waals surface area contributed by atoms with Crippen LogP contribution in [0.15, 0.2) is 12.1 Å². The Balaban J connectivity index is 3.12. The molecule has 0 saturated carbocycles. The van der Waals surface area contributed by atoms with Gasteiger partial charge >= 0.3 is 0 Å². The van der Waals surface area contributed by atoms with Crippen LogP contribution < -0.4 is 5.73 Å². The molecule has 0 radical (unpaired) electrons. The fourth-order valence-corrected chi connectivity index (χ4v) is 2.78. The molecule has 3 nitrogen and oxygen atoms in total. The lowest BCUT2D eigenvalue weighted by Gasteiger charge is -2.32. The van der Waals surface area contributed by atoms with Crippen LogP contribution in [-0.4, -0.2) is 30.4 Å². The Hall–Kier alpha value is -1.35. The number of hydrogen-bond donors (Lipinski definition) is 1. The smallest absolute Gasteiger partial charge is 0.254 e. The van der Waals surface area contributed by atoms with E-state index in [1.54, 1.807) is 0 Å². The van der Waals surface area contributed by atoms with E-state index >= 15 is 0 Å². The summed E-state index contributed by atoms with van der Waals surface area (Å²) >= 11 is 0. The molecule has 118 valence electrons. The van der Waals surface area contributed by atoms with E-state index in [2.05, 4.69) is 39.8 Å². The second-order valence-electron chi connectivity index (χ2n) is 6.87. The normalized spacial score (nSPS) is 11.6. The highest BCUT2D eigenvalue weighted by Gasteiger charge is 2.25. The first-order valence-electron chi connectivity index (χ1n) is 7.79. The van der Waals surface area contributed by atoms with Crippen LogP contribution in [0.4, 0.5) is 0 Å². The Labute approximate surface area is 129 Å². The van der Waals surface area contributed by atoms with Gasteiger partial charge in [0.1, 0.15) is 0 Å². The van der Waals surface area contributed by atoms with Crippen molar-refractivity contribution in [2.45, 2.75) is 48.0 Å². The molecule has 0 fully saturated rings. The topological polar surface area (TPSA) is 46.3 Å². The first-order valence-corrected chi connectivity index (χ1v) is 7.79. The summed E-state index contributed by atoms with van der Waals surface area (Å²) in [5.41, 5.74) is 9.94. The van der Waals surface area contributed by atoms with E-state index in [-0.39, 0.29) is 11.3 Å². The molecular formula is C18H30N2O. The molecule has 0 unspecified atom stereocenters. The predicted molar refractivity (Wildman–Crippen MR) is 89.7 cm³/mol. The van der Waals surface area contributed by atoms with Gasteiger partial charge in [0, 0.05) is 18.7 Å². The monoisotopic (exact) mass is 290 g/mol. The molecule has 0 bridgehead atoms. The largest absolute Gasteiger partial charge is 0.338 e. The third-order valence-corrected chi connectivity index (χ3v) is 3.84. The first kappa shape index (κ1) is 17.7. The molecular weight excluding hydrogens is 260 g/mol. The van der Waals surface area contributed by atoms with Gasteiger partial charge in [-0.15, -0.1) is 0 Å². The van der Waals surface area contributed by atoms with E-state index in [0.29, 0.717) is 13.1 Å². The van der Waals surface area contributed by atoms with E-state index in [4.69, 9.17) is 5.73 Å². The van der Waals surface area contributed by atoms with Crippen molar-refractivity contribution in [3.63, 3.8) is 0 Å². The molecule has 3 heteroatoms. The van der Waals surface area contributed by atoms with Gasteiger partial charge in [0.05, 0.1) is 0 Å². The Morgan fingerprint density at radius 2 is 1.71 bits per heavy atom. The number of nitrogens with two attached hydrogens (primary N) is 1. The average molecular weight is 290 g/mol. The Bertz CT molecular complexity index is 483. The van der Waals surface area contributed by atoms with Crippen LogP contribution in [0.3, 0.4) is 0 Å². The van der Waals surface area contributed by atoms with Crippen LogP contribution in [-0.2, 0) is 0 Å². The summed E-state index contributed by atoms with van der Waals surface area (Å²) < 4.78 is 0. The van der Waals surface area contributed by atoms with E-state index in [1.807, 2.05) is 18.7 Å². The first-order chi connectivity index (χ1) is 9.71. The van der Waals surface area contributed by atoms with E-state index < -0.39 is 0 Å². The van der Waals surface area contributed by atoms with Crippen molar-refractivity contribution < 1.29 is 4.79 Å². The van der Waals surface area contributed by atoms with Gasteiger partial charge < -0.3 is 10.6 Å². The van der Waals surface area contributed by atoms with Crippen molar-refractivity contribution in [3.8, 4) is 0 Å². The molecule has 0 spiro atoms. The van der Waals surface area contributed by atoms with Gasteiger partial charge in [0.25, 0.3) is 5.91 Å². The van der Waals surface area contributed by atoms with Crippen LogP contribution >= 0.6 is 0 Å². The number of carbonyl (C=O) groups excluding carboxylic acids is 1. The van der Waals surface area contributed by atoms with E-state index in [1.165, 1.54) is 5.56 Å². The average Bonchev–Trinajstić information content (AvgIpc) is 2.36. The van der Waals surface area contributed by atoms with Crippen molar-refractivity contribution in [1.29, 1.82) is 0 Å². The third kappa shape index (κ3) is 4.57. The van der Waals surface area contributed by atoms with Crippen molar-refractivity contribution in [2.24, 2.45) is 11.1 Å². The molecule has 0 aliphatic rings. The van der Waals surface area contributed by atoms with Crippen LogP contribution in [0.25, 0.3) is 0 Å². The SMILES string of the molecule is CCCN(CC(C)(C)CN)C(=O)c1c(C)cc(C)cc1C. The van der Waals surface area contributed by atoms with Gasteiger partial charge in [-0.25, -0.2) is 0 Å². The summed E-state index contributed by atoms with van der Waals surface area (Å²) in [5, 5.41) is 0. The quantitative estimate of drug-likeness (QED) is 0.872. The molecule has 0 aromatic heterocycles. The number of hydrogen-bond acceptors (Lipinski definition) is 2. The Morgan fingerprint density at radius 1 is 1.19 bits per heavy atom. The highest BCUT2D eigenvalue weighted by Crippen LogP contribution is 2.22. The molecule has 0 heterocycles. The molecule has 0 aliphatic heterocycles. The van der Waals surface area contributed by atoms with Crippen molar-refractivity contribution in [1.82, 2.24) is 4.90 Å². The molecule has 21 heavy (non-hydrogen) atoms. The maximum atomic E-state index is 13.0. The Morgan fingerprint density at radius 3 is 2.14 bits per heavy atom. The van der Waals surface area contributed by atoms with Crippen LogP contribution in [0.5, 0.6) is 0 Å². The highest BCUT2D eigenvalue weighted by molar-refractivity contribution is 5.97. The maximum Gasteiger partial charge on any atom is 0.254 e. The second kappa shape index (κ2) is 7.08. The molecule has 0 saturated heterocycles. The molecule has 1 amide bonds.